The van der Waals surface area contributed by atoms with Crippen molar-refractivity contribution in [2.45, 2.75) is 32.0 Å². The SMILES string of the molecule is CC1CN(Cc2ccncc2)C(CC#N)CN1. The van der Waals surface area contributed by atoms with Crippen molar-refractivity contribution in [3.8, 4) is 6.07 Å². The van der Waals surface area contributed by atoms with Crippen LogP contribution in [-0.4, -0.2) is 35.1 Å². The highest BCUT2D eigenvalue weighted by Gasteiger charge is 2.25. The number of hydrogen-bond donors (Lipinski definition) is 1. The van der Waals surface area contributed by atoms with E-state index in [4.69, 9.17) is 5.26 Å². The van der Waals surface area contributed by atoms with Gasteiger partial charge in [-0.1, -0.05) is 0 Å². The minimum atomic E-state index is 0.323. The molecular weight excluding hydrogens is 212 g/mol. The van der Waals surface area contributed by atoms with E-state index in [9.17, 15) is 0 Å². The van der Waals surface area contributed by atoms with Crippen molar-refractivity contribution in [3.05, 3.63) is 30.1 Å². The molecule has 2 atom stereocenters. The summed E-state index contributed by atoms with van der Waals surface area (Å²) in [5, 5.41) is 12.3. The summed E-state index contributed by atoms with van der Waals surface area (Å²) in [6.07, 6.45) is 4.23. The molecule has 1 aromatic rings. The van der Waals surface area contributed by atoms with Crippen LogP contribution < -0.4 is 5.32 Å². The van der Waals surface area contributed by atoms with E-state index in [1.54, 1.807) is 0 Å². The number of hydrogen-bond acceptors (Lipinski definition) is 4. The monoisotopic (exact) mass is 230 g/mol. The zero-order chi connectivity index (χ0) is 12.1. The van der Waals surface area contributed by atoms with E-state index in [1.807, 2.05) is 24.5 Å². The Labute approximate surface area is 102 Å². The van der Waals surface area contributed by atoms with Crippen molar-refractivity contribution in [2.75, 3.05) is 13.1 Å². The van der Waals surface area contributed by atoms with Crippen molar-refractivity contribution >= 4 is 0 Å². The van der Waals surface area contributed by atoms with Crippen molar-refractivity contribution < 1.29 is 0 Å². The van der Waals surface area contributed by atoms with E-state index >= 15 is 0 Å². The number of piperazine rings is 1. The van der Waals surface area contributed by atoms with Crippen LogP contribution >= 0.6 is 0 Å². The van der Waals surface area contributed by atoms with Gasteiger partial charge in [0.05, 0.1) is 12.5 Å². The highest BCUT2D eigenvalue weighted by atomic mass is 15.2. The Bertz CT molecular complexity index is 384. The first-order chi connectivity index (χ1) is 8.29. The average molecular weight is 230 g/mol. The molecule has 2 rings (SSSR count). The van der Waals surface area contributed by atoms with E-state index in [0.29, 0.717) is 18.5 Å². The Morgan fingerprint density at radius 3 is 3.00 bits per heavy atom. The maximum Gasteiger partial charge on any atom is 0.0638 e. The summed E-state index contributed by atoms with van der Waals surface area (Å²) in [5.41, 5.74) is 1.26. The second kappa shape index (κ2) is 5.76. The molecule has 4 heteroatoms. The average Bonchev–Trinajstić information content (AvgIpc) is 2.34. The number of rotatable bonds is 3. The molecule has 90 valence electrons. The fourth-order valence-corrected chi connectivity index (χ4v) is 2.25. The number of nitrogens with one attached hydrogen (secondary N) is 1. The van der Waals surface area contributed by atoms with Gasteiger partial charge in [-0.2, -0.15) is 5.26 Å². The minimum Gasteiger partial charge on any atom is -0.311 e. The van der Waals surface area contributed by atoms with E-state index in [0.717, 1.165) is 19.6 Å². The lowest BCUT2D eigenvalue weighted by atomic mass is 10.1. The summed E-state index contributed by atoms with van der Waals surface area (Å²) >= 11 is 0. The standard InChI is InChI=1S/C13H18N4/c1-11-9-17(13(2-5-14)8-16-11)10-12-3-6-15-7-4-12/h3-4,6-7,11,13,16H,2,8-10H2,1H3. The molecular formula is C13H18N4. The molecule has 1 aliphatic rings. The Balaban J connectivity index is 2.03. The van der Waals surface area contributed by atoms with E-state index in [2.05, 4.69) is 28.2 Å². The second-order valence-electron chi connectivity index (χ2n) is 4.61. The van der Waals surface area contributed by atoms with Gasteiger partial charge in [-0.3, -0.25) is 9.88 Å². The molecule has 0 radical (unpaired) electrons. The summed E-state index contributed by atoms with van der Waals surface area (Å²) in [6, 6.07) is 7.17. The maximum atomic E-state index is 8.85. The van der Waals surface area contributed by atoms with Gasteiger partial charge in [0.15, 0.2) is 0 Å². The Morgan fingerprint density at radius 1 is 1.53 bits per heavy atom. The molecule has 17 heavy (non-hydrogen) atoms. The molecule has 2 heterocycles. The van der Waals surface area contributed by atoms with Crippen LogP contribution in [-0.2, 0) is 6.54 Å². The van der Waals surface area contributed by atoms with Crippen LogP contribution in [0.15, 0.2) is 24.5 Å². The molecule has 0 saturated carbocycles. The predicted molar refractivity (Wildman–Crippen MR) is 66.1 cm³/mol. The van der Waals surface area contributed by atoms with Gasteiger partial charge in [-0.15, -0.1) is 0 Å². The first-order valence-electron chi connectivity index (χ1n) is 6.03. The van der Waals surface area contributed by atoms with Gasteiger partial charge in [0, 0.05) is 44.1 Å². The first kappa shape index (κ1) is 12.0. The van der Waals surface area contributed by atoms with Crippen molar-refractivity contribution in [1.29, 1.82) is 5.26 Å². The lowest BCUT2D eigenvalue weighted by molar-refractivity contribution is 0.129. The summed E-state index contributed by atoms with van der Waals surface area (Å²) in [7, 11) is 0. The van der Waals surface area contributed by atoms with Crippen LogP contribution in [0, 0.1) is 11.3 Å². The molecule has 0 spiro atoms. The fourth-order valence-electron chi connectivity index (χ4n) is 2.25. The molecule has 0 aromatic carbocycles. The summed E-state index contributed by atoms with van der Waals surface area (Å²) < 4.78 is 0. The molecule has 1 fully saturated rings. The van der Waals surface area contributed by atoms with Crippen LogP contribution in [0.5, 0.6) is 0 Å². The van der Waals surface area contributed by atoms with Crippen LogP contribution in [0.2, 0.25) is 0 Å². The summed E-state index contributed by atoms with van der Waals surface area (Å²) in [5.74, 6) is 0. The second-order valence-corrected chi connectivity index (χ2v) is 4.61. The quantitative estimate of drug-likeness (QED) is 0.846. The molecule has 0 bridgehead atoms. The van der Waals surface area contributed by atoms with Crippen molar-refractivity contribution in [2.24, 2.45) is 0 Å². The lowest BCUT2D eigenvalue weighted by Crippen LogP contribution is -2.54. The fraction of sp³-hybridized carbons (Fsp3) is 0.538. The first-order valence-corrected chi connectivity index (χ1v) is 6.03. The highest BCUT2D eigenvalue weighted by molar-refractivity contribution is 5.10. The highest BCUT2D eigenvalue weighted by Crippen LogP contribution is 2.14. The van der Waals surface area contributed by atoms with Gasteiger partial charge in [-0.05, 0) is 24.6 Å². The number of nitrogens with zero attached hydrogens (tertiary/aromatic N) is 3. The van der Waals surface area contributed by atoms with Gasteiger partial charge in [0.2, 0.25) is 0 Å². The van der Waals surface area contributed by atoms with Crippen molar-refractivity contribution in [3.63, 3.8) is 0 Å². The third-order valence-corrected chi connectivity index (χ3v) is 3.19. The number of pyridine rings is 1. The largest absolute Gasteiger partial charge is 0.311 e. The van der Waals surface area contributed by atoms with E-state index < -0.39 is 0 Å². The van der Waals surface area contributed by atoms with Crippen LogP contribution in [0.1, 0.15) is 18.9 Å². The molecule has 0 aliphatic carbocycles. The molecule has 1 N–H and O–H groups in total. The molecule has 1 aliphatic heterocycles. The van der Waals surface area contributed by atoms with Crippen LogP contribution in [0.4, 0.5) is 0 Å². The lowest BCUT2D eigenvalue weighted by Gasteiger charge is -2.38. The predicted octanol–water partition coefficient (Wildman–Crippen LogP) is 1.16. The number of nitriles is 1. The zero-order valence-electron chi connectivity index (χ0n) is 10.1. The third kappa shape index (κ3) is 3.26. The zero-order valence-corrected chi connectivity index (χ0v) is 10.1. The summed E-state index contributed by atoms with van der Waals surface area (Å²) in [4.78, 5) is 6.41. The van der Waals surface area contributed by atoms with Crippen molar-refractivity contribution in [1.82, 2.24) is 15.2 Å². The topological polar surface area (TPSA) is 52.0 Å². The van der Waals surface area contributed by atoms with Gasteiger partial charge in [0.1, 0.15) is 0 Å². The molecule has 2 unspecified atom stereocenters. The van der Waals surface area contributed by atoms with Gasteiger partial charge in [0.25, 0.3) is 0 Å². The van der Waals surface area contributed by atoms with Gasteiger partial charge in [-0.25, -0.2) is 0 Å². The Kier molecular flexibility index (Phi) is 4.08. The normalized spacial score (nSPS) is 25.4. The minimum absolute atomic E-state index is 0.323. The third-order valence-electron chi connectivity index (χ3n) is 3.19. The van der Waals surface area contributed by atoms with Gasteiger partial charge >= 0.3 is 0 Å². The summed E-state index contributed by atoms with van der Waals surface area (Å²) in [6.45, 7) is 4.98. The van der Waals surface area contributed by atoms with Crippen LogP contribution in [0.25, 0.3) is 0 Å². The Hall–Kier alpha value is -1.44. The molecule has 1 saturated heterocycles. The van der Waals surface area contributed by atoms with E-state index in [1.165, 1.54) is 5.56 Å². The van der Waals surface area contributed by atoms with E-state index in [-0.39, 0.29) is 0 Å². The van der Waals surface area contributed by atoms with Gasteiger partial charge < -0.3 is 5.32 Å². The molecule has 4 nitrogen and oxygen atoms in total. The van der Waals surface area contributed by atoms with Crippen LogP contribution in [0.3, 0.4) is 0 Å². The number of aromatic nitrogens is 1. The Morgan fingerprint density at radius 2 is 2.29 bits per heavy atom. The smallest absolute Gasteiger partial charge is 0.0638 e. The molecule has 0 amide bonds. The molecule has 1 aromatic heterocycles. The maximum absolute atomic E-state index is 8.85.